The Labute approximate surface area is 115 Å². The van der Waals surface area contributed by atoms with E-state index in [0.29, 0.717) is 17.4 Å². The summed E-state index contributed by atoms with van der Waals surface area (Å²) >= 11 is 3.14. The SMILES string of the molecule is COC(CC(CN)Nc1ccc(F)c(Br)c1)OC. The minimum atomic E-state index is -0.310. The maximum atomic E-state index is 13.1. The van der Waals surface area contributed by atoms with Gasteiger partial charge in [-0.3, -0.25) is 0 Å². The monoisotopic (exact) mass is 320 g/mol. The van der Waals surface area contributed by atoms with E-state index in [4.69, 9.17) is 15.2 Å². The van der Waals surface area contributed by atoms with Gasteiger partial charge in [0.25, 0.3) is 0 Å². The molecule has 0 fully saturated rings. The molecule has 0 spiro atoms. The molecule has 0 aliphatic rings. The number of ether oxygens (including phenoxy) is 2. The van der Waals surface area contributed by atoms with Crippen LogP contribution in [-0.2, 0) is 9.47 Å². The first kappa shape index (κ1) is 15.4. The number of nitrogens with one attached hydrogen (secondary N) is 1. The maximum absolute atomic E-state index is 13.1. The van der Waals surface area contributed by atoms with Crippen LogP contribution in [0.5, 0.6) is 0 Å². The summed E-state index contributed by atoms with van der Waals surface area (Å²) in [6, 6.07) is 4.72. The number of anilines is 1. The van der Waals surface area contributed by atoms with Crippen LogP contribution >= 0.6 is 15.9 Å². The molecule has 0 amide bonds. The van der Waals surface area contributed by atoms with Crippen LogP contribution in [0.2, 0.25) is 0 Å². The molecule has 18 heavy (non-hydrogen) atoms. The van der Waals surface area contributed by atoms with Crippen molar-refractivity contribution in [2.45, 2.75) is 18.8 Å². The quantitative estimate of drug-likeness (QED) is 0.757. The number of nitrogens with two attached hydrogens (primary N) is 1. The first-order chi connectivity index (χ1) is 8.60. The molecule has 0 heterocycles. The zero-order chi connectivity index (χ0) is 13.5. The van der Waals surface area contributed by atoms with Crippen LogP contribution in [-0.4, -0.2) is 33.1 Å². The summed E-state index contributed by atoms with van der Waals surface area (Å²) in [5.41, 5.74) is 6.48. The molecule has 102 valence electrons. The lowest BCUT2D eigenvalue weighted by Gasteiger charge is -2.22. The maximum Gasteiger partial charge on any atom is 0.158 e. The molecule has 1 rings (SSSR count). The minimum Gasteiger partial charge on any atom is -0.381 e. The van der Waals surface area contributed by atoms with E-state index in [9.17, 15) is 4.39 Å². The molecule has 0 saturated heterocycles. The highest BCUT2D eigenvalue weighted by atomic mass is 79.9. The Morgan fingerprint density at radius 2 is 2.06 bits per heavy atom. The Morgan fingerprint density at radius 1 is 1.39 bits per heavy atom. The van der Waals surface area contributed by atoms with Crippen LogP contribution in [0.25, 0.3) is 0 Å². The Bertz CT molecular complexity index is 375. The Balaban J connectivity index is 2.64. The van der Waals surface area contributed by atoms with Crippen molar-refractivity contribution in [3.8, 4) is 0 Å². The lowest BCUT2D eigenvalue weighted by Crippen LogP contribution is -2.34. The summed E-state index contributed by atoms with van der Waals surface area (Å²) in [4.78, 5) is 0. The van der Waals surface area contributed by atoms with Crippen molar-refractivity contribution < 1.29 is 13.9 Å². The molecule has 6 heteroatoms. The number of hydrogen-bond acceptors (Lipinski definition) is 4. The van der Waals surface area contributed by atoms with Gasteiger partial charge in [-0.05, 0) is 34.1 Å². The standard InChI is InChI=1S/C12H18BrFN2O2/c1-17-12(18-2)6-9(7-15)16-8-3-4-11(14)10(13)5-8/h3-5,9,12,16H,6-7,15H2,1-2H3. The van der Waals surface area contributed by atoms with E-state index in [0.717, 1.165) is 5.69 Å². The first-order valence-corrected chi connectivity index (χ1v) is 6.37. The van der Waals surface area contributed by atoms with Crippen molar-refractivity contribution in [3.05, 3.63) is 28.5 Å². The van der Waals surface area contributed by atoms with Crippen LogP contribution in [0.4, 0.5) is 10.1 Å². The molecule has 3 N–H and O–H groups in total. The van der Waals surface area contributed by atoms with Gasteiger partial charge in [0.1, 0.15) is 5.82 Å². The Kier molecular flexibility index (Phi) is 6.56. The molecular weight excluding hydrogens is 303 g/mol. The van der Waals surface area contributed by atoms with E-state index in [-0.39, 0.29) is 18.1 Å². The van der Waals surface area contributed by atoms with Gasteiger partial charge in [-0.25, -0.2) is 4.39 Å². The summed E-state index contributed by atoms with van der Waals surface area (Å²) in [5, 5.41) is 3.21. The highest BCUT2D eigenvalue weighted by Gasteiger charge is 2.14. The molecule has 0 bridgehead atoms. The fraction of sp³-hybridized carbons (Fsp3) is 0.500. The van der Waals surface area contributed by atoms with Crippen molar-refractivity contribution in [2.24, 2.45) is 5.73 Å². The number of rotatable bonds is 7. The second-order valence-electron chi connectivity index (χ2n) is 3.84. The van der Waals surface area contributed by atoms with E-state index >= 15 is 0 Å². The molecule has 4 nitrogen and oxygen atoms in total. The fourth-order valence-corrected chi connectivity index (χ4v) is 1.94. The van der Waals surface area contributed by atoms with Crippen LogP contribution in [0.15, 0.2) is 22.7 Å². The molecule has 1 atom stereocenters. The fourth-order valence-electron chi connectivity index (χ4n) is 1.56. The second kappa shape index (κ2) is 7.68. The molecule has 0 aromatic heterocycles. The summed E-state index contributed by atoms with van der Waals surface area (Å²) < 4.78 is 23.8. The number of benzene rings is 1. The molecule has 1 unspecified atom stereocenters. The Hall–Kier alpha value is -0.690. The van der Waals surface area contributed by atoms with E-state index in [1.165, 1.54) is 6.07 Å². The van der Waals surface area contributed by atoms with Gasteiger partial charge < -0.3 is 20.5 Å². The van der Waals surface area contributed by atoms with Crippen LogP contribution in [0.1, 0.15) is 6.42 Å². The third kappa shape index (κ3) is 4.53. The molecule has 0 radical (unpaired) electrons. The summed E-state index contributed by atoms with van der Waals surface area (Å²) in [7, 11) is 3.16. The van der Waals surface area contributed by atoms with E-state index in [2.05, 4.69) is 21.2 Å². The summed E-state index contributed by atoms with van der Waals surface area (Å²) in [6.45, 7) is 0.429. The third-order valence-electron chi connectivity index (χ3n) is 2.58. The number of methoxy groups -OCH3 is 2. The third-order valence-corrected chi connectivity index (χ3v) is 3.19. The van der Waals surface area contributed by atoms with Gasteiger partial charge in [-0.1, -0.05) is 0 Å². The molecule has 1 aromatic carbocycles. The molecule has 0 aliphatic heterocycles. The van der Waals surface area contributed by atoms with Crippen molar-refractivity contribution >= 4 is 21.6 Å². The predicted octanol–water partition coefficient (Wildman–Crippen LogP) is 2.34. The normalized spacial score (nSPS) is 12.8. The second-order valence-corrected chi connectivity index (χ2v) is 4.70. The topological polar surface area (TPSA) is 56.5 Å². The van der Waals surface area contributed by atoms with Gasteiger partial charge in [0.05, 0.1) is 4.47 Å². The van der Waals surface area contributed by atoms with E-state index in [1.54, 1.807) is 26.4 Å². The molecular formula is C12H18BrFN2O2. The van der Waals surface area contributed by atoms with Crippen LogP contribution < -0.4 is 11.1 Å². The zero-order valence-corrected chi connectivity index (χ0v) is 12.0. The van der Waals surface area contributed by atoms with E-state index < -0.39 is 0 Å². The Morgan fingerprint density at radius 3 is 2.56 bits per heavy atom. The number of hydrogen-bond donors (Lipinski definition) is 2. The van der Waals surface area contributed by atoms with Crippen LogP contribution in [0.3, 0.4) is 0 Å². The van der Waals surface area contributed by atoms with Crippen molar-refractivity contribution in [3.63, 3.8) is 0 Å². The van der Waals surface area contributed by atoms with Gasteiger partial charge in [-0.15, -0.1) is 0 Å². The van der Waals surface area contributed by atoms with Crippen molar-refractivity contribution in [2.75, 3.05) is 26.1 Å². The molecule has 1 aromatic rings. The average molecular weight is 321 g/mol. The molecule has 0 aliphatic carbocycles. The van der Waals surface area contributed by atoms with Gasteiger partial charge in [0.2, 0.25) is 0 Å². The number of halogens is 2. The highest BCUT2D eigenvalue weighted by Crippen LogP contribution is 2.21. The highest BCUT2D eigenvalue weighted by molar-refractivity contribution is 9.10. The lowest BCUT2D eigenvalue weighted by molar-refractivity contribution is -0.107. The van der Waals surface area contributed by atoms with Gasteiger partial charge in [0.15, 0.2) is 6.29 Å². The average Bonchev–Trinajstić information content (AvgIpc) is 2.38. The lowest BCUT2D eigenvalue weighted by atomic mass is 10.2. The van der Waals surface area contributed by atoms with Crippen molar-refractivity contribution in [1.29, 1.82) is 0 Å². The van der Waals surface area contributed by atoms with Gasteiger partial charge in [-0.2, -0.15) is 0 Å². The molecule has 0 saturated carbocycles. The van der Waals surface area contributed by atoms with Gasteiger partial charge >= 0.3 is 0 Å². The van der Waals surface area contributed by atoms with Crippen LogP contribution in [0, 0.1) is 5.82 Å². The predicted molar refractivity (Wildman–Crippen MR) is 73.0 cm³/mol. The first-order valence-electron chi connectivity index (χ1n) is 5.58. The van der Waals surface area contributed by atoms with Gasteiger partial charge in [0, 0.05) is 38.9 Å². The van der Waals surface area contributed by atoms with E-state index in [1.807, 2.05) is 0 Å². The zero-order valence-electron chi connectivity index (χ0n) is 10.5. The van der Waals surface area contributed by atoms with Crippen molar-refractivity contribution in [1.82, 2.24) is 0 Å². The smallest absolute Gasteiger partial charge is 0.158 e. The summed E-state index contributed by atoms with van der Waals surface area (Å²) in [5.74, 6) is -0.295. The summed E-state index contributed by atoms with van der Waals surface area (Å²) in [6.07, 6.45) is 0.299. The largest absolute Gasteiger partial charge is 0.381 e. The minimum absolute atomic E-state index is 0.00717.